The van der Waals surface area contributed by atoms with Gasteiger partial charge in [-0.15, -0.1) is 0 Å². The maximum Gasteiger partial charge on any atom is 0.219 e. The smallest absolute Gasteiger partial charge is 0.219 e. The standard InChI is InChI=1S/C13H12FNO/c1-2-10-3-8-13(15-9-10)16-12-6-4-11(14)5-7-12/h3-9H,2H2,1H3. The van der Waals surface area contributed by atoms with Crippen LogP contribution in [0.4, 0.5) is 4.39 Å². The summed E-state index contributed by atoms with van der Waals surface area (Å²) in [5, 5.41) is 0. The van der Waals surface area contributed by atoms with Gasteiger partial charge >= 0.3 is 0 Å². The van der Waals surface area contributed by atoms with Gasteiger partial charge in [-0.2, -0.15) is 0 Å². The number of aryl methyl sites for hydroxylation is 1. The number of hydrogen-bond donors (Lipinski definition) is 0. The summed E-state index contributed by atoms with van der Waals surface area (Å²) in [7, 11) is 0. The van der Waals surface area contributed by atoms with Gasteiger partial charge in [0.15, 0.2) is 0 Å². The minimum absolute atomic E-state index is 0.276. The second-order valence-corrected chi connectivity index (χ2v) is 3.41. The monoisotopic (exact) mass is 217 g/mol. The number of aromatic nitrogens is 1. The summed E-state index contributed by atoms with van der Waals surface area (Å²) < 4.78 is 18.1. The van der Waals surface area contributed by atoms with Crippen LogP contribution in [-0.4, -0.2) is 4.98 Å². The SMILES string of the molecule is CCc1ccc(Oc2ccc(F)cc2)nc1. The number of ether oxygens (including phenoxy) is 1. The molecule has 2 nitrogen and oxygen atoms in total. The Bertz CT molecular complexity index is 450. The van der Waals surface area contributed by atoms with Crippen LogP contribution in [-0.2, 0) is 6.42 Å². The molecule has 0 spiro atoms. The van der Waals surface area contributed by atoms with Crippen LogP contribution in [0.25, 0.3) is 0 Å². The number of benzene rings is 1. The lowest BCUT2D eigenvalue weighted by molar-refractivity contribution is 0.461. The molecule has 0 aliphatic heterocycles. The Hall–Kier alpha value is -1.90. The van der Waals surface area contributed by atoms with E-state index in [4.69, 9.17) is 4.74 Å². The van der Waals surface area contributed by atoms with Gasteiger partial charge in [-0.3, -0.25) is 0 Å². The molecule has 0 amide bonds. The highest BCUT2D eigenvalue weighted by molar-refractivity contribution is 5.28. The van der Waals surface area contributed by atoms with Crippen molar-refractivity contribution in [2.24, 2.45) is 0 Å². The molecular formula is C13H12FNO. The summed E-state index contributed by atoms with van der Waals surface area (Å²) >= 11 is 0. The van der Waals surface area contributed by atoms with Crippen LogP contribution in [0.1, 0.15) is 12.5 Å². The largest absolute Gasteiger partial charge is 0.439 e. The Balaban J connectivity index is 2.11. The molecule has 0 N–H and O–H groups in total. The van der Waals surface area contributed by atoms with Crippen molar-refractivity contribution in [2.45, 2.75) is 13.3 Å². The van der Waals surface area contributed by atoms with E-state index in [9.17, 15) is 4.39 Å². The van der Waals surface area contributed by atoms with Crippen LogP contribution in [0.15, 0.2) is 42.6 Å². The summed E-state index contributed by atoms with van der Waals surface area (Å²) in [6.45, 7) is 2.07. The molecule has 82 valence electrons. The Kier molecular flexibility index (Phi) is 3.15. The molecule has 0 aliphatic carbocycles. The van der Waals surface area contributed by atoms with E-state index in [0.717, 1.165) is 12.0 Å². The Labute approximate surface area is 93.7 Å². The van der Waals surface area contributed by atoms with Crippen LogP contribution in [0.5, 0.6) is 11.6 Å². The van der Waals surface area contributed by atoms with Crippen molar-refractivity contribution in [3.8, 4) is 11.6 Å². The van der Waals surface area contributed by atoms with Gasteiger partial charge in [-0.05, 0) is 36.2 Å². The zero-order valence-electron chi connectivity index (χ0n) is 8.98. The minimum atomic E-state index is -0.276. The van der Waals surface area contributed by atoms with E-state index in [1.54, 1.807) is 18.3 Å². The molecule has 0 saturated carbocycles. The molecule has 2 rings (SSSR count). The van der Waals surface area contributed by atoms with E-state index in [1.807, 2.05) is 12.1 Å². The zero-order valence-corrected chi connectivity index (χ0v) is 8.98. The molecule has 0 fully saturated rings. The van der Waals surface area contributed by atoms with E-state index in [1.165, 1.54) is 12.1 Å². The van der Waals surface area contributed by atoms with Crippen molar-refractivity contribution in [3.05, 3.63) is 54.0 Å². The topological polar surface area (TPSA) is 22.1 Å². The predicted molar refractivity (Wildman–Crippen MR) is 60.1 cm³/mol. The molecule has 16 heavy (non-hydrogen) atoms. The molecule has 0 aliphatic rings. The molecule has 0 saturated heterocycles. The number of pyridine rings is 1. The van der Waals surface area contributed by atoms with Crippen molar-refractivity contribution in [1.29, 1.82) is 0 Å². The third-order valence-electron chi connectivity index (χ3n) is 2.24. The van der Waals surface area contributed by atoms with Gasteiger partial charge in [-0.25, -0.2) is 9.37 Å². The molecule has 1 aromatic carbocycles. The maximum absolute atomic E-state index is 12.7. The summed E-state index contributed by atoms with van der Waals surface area (Å²) in [5.41, 5.74) is 1.16. The Morgan fingerprint density at radius 2 is 1.88 bits per heavy atom. The molecule has 1 aromatic heterocycles. The van der Waals surface area contributed by atoms with E-state index < -0.39 is 0 Å². The summed E-state index contributed by atoms with van der Waals surface area (Å²) in [4.78, 5) is 4.15. The highest BCUT2D eigenvalue weighted by Crippen LogP contribution is 2.19. The van der Waals surface area contributed by atoms with Gasteiger partial charge in [0.05, 0.1) is 0 Å². The third kappa shape index (κ3) is 2.57. The van der Waals surface area contributed by atoms with Gasteiger partial charge in [0.25, 0.3) is 0 Å². The summed E-state index contributed by atoms with van der Waals surface area (Å²) in [6, 6.07) is 9.63. The number of nitrogens with zero attached hydrogens (tertiary/aromatic N) is 1. The molecular weight excluding hydrogens is 205 g/mol. The molecule has 0 bridgehead atoms. The van der Waals surface area contributed by atoms with Gasteiger partial charge in [0, 0.05) is 12.3 Å². The Morgan fingerprint density at radius 1 is 1.12 bits per heavy atom. The lowest BCUT2D eigenvalue weighted by Gasteiger charge is -2.04. The molecule has 0 unspecified atom stereocenters. The fourth-order valence-electron chi connectivity index (χ4n) is 1.30. The van der Waals surface area contributed by atoms with E-state index in [-0.39, 0.29) is 5.82 Å². The first-order chi connectivity index (χ1) is 7.78. The van der Waals surface area contributed by atoms with Gasteiger partial charge in [0.1, 0.15) is 11.6 Å². The van der Waals surface area contributed by atoms with Crippen molar-refractivity contribution in [1.82, 2.24) is 4.98 Å². The molecule has 3 heteroatoms. The first-order valence-corrected chi connectivity index (χ1v) is 5.16. The summed E-state index contributed by atoms with van der Waals surface area (Å²) in [5.74, 6) is 0.823. The molecule has 0 atom stereocenters. The van der Waals surface area contributed by atoms with E-state index in [2.05, 4.69) is 11.9 Å². The quantitative estimate of drug-likeness (QED) is 0.784. The molecule has 0 radical (unpaired) electrons. The van der Waals surface area contributed by atoms with Crippen LogP contribution in [0, 0.1) is 5.82 Å². The number of halogens is 1. The first kappa shape index (κ1) is 10.6. The van der Waals surface area contributed by atoms with Gasteiger partial charge < -0.3 is 4.74 Å². The lowest BCUT2D eigenvalue weighted by atomic mass is 10.2. The van der Waals surface area contributed by atoms with Crippen molar-refractivity contribution >= 4 is 0 Å². The third-order valence-corrected chi connectivity index (χ3v) is 2.24. The minimum Gasteiger partial charge on any atom is -0.439 e. The number of rotatable bonds is 3. The van der Waals surface area contributed by atoms with Gasteiger partial charge in [-0.1, -0.05) is 13.0 Å². The average Bonchev–Trinajstić information content (AvgIpc) is 2.33. The van der Waals surface area contributed by atoms with Crippen LogP contribution in [0.2, 0.25) is 0 Å². The molecule has 1 heterocycles. The van der Waals surface area contributed by atoms with Crippen LogP contribution >= 0.6 is 0 Å². The first-order valence-electron chi connectivity index (χ1n) is 5.16. The summed E-state index contributed by atoms with van der Waals surface area (Å²) in [6.07, 6.45) is 2.72. The van der Waals surface area contributed by atoms with Crippen LogP contribution < -0.4 is 4.74 Å². The van der Waals surface area contributed by atoms with Crippen molar-refractivity contribution in [2.75, 3.05) is 0 Å². The lowest BCUT2D eigenvalue weighted by Crippen LogP contribution is -1.89. The van der Waals surface area contributed by atoms with Crippen molar-refractivity contribution in [3.63, 3.8) is 0 Å². The highest BCUT2D eigenvalue weighted by atomic mass is 19.1. The zero-order chi connectivity index (χ0) is 11.4. The highest BCUT2D eigenvalue weighted by Gasteiger charge is 1.98. The normalized spacial score (nSPS) is 10.1. The Morgan fingerprint density at radius 3 is 2.44 bits per heavy atom. The fraction of sp³-hybridized carbons (Fsp3) is 0.154. The fourth-order valence-corrected chi connectivity index (χ4v) is 1.30. The second-order valence-electron chi connectivity index (χ2n) is 3.41. The van der Waals surface area contributed by atoms with Crippen molar-refractivity contribution < 1.29 is 9.13 Å². The average molecular weight is 217 g/mol. The maximum atomic E-state index is 12.7. The van der Waals surface area contributed by atoms with Gasteiger partial charge in [0.2, 0.25) is 5.88 Å². The van der Waals surface area contributed by atoms with Crippen LogP contribution in [0.3, 0.4) is 0 Å². The second kappa shape index (κ2) is 4.75. The molecule has 2 aromatic rings. The predicted octanol–water partition coefficient (Wildman–Crippen LogP) is 3.58. The van der Waals surface area contributed by atoms with E-state index >= 15 is 0 Å². The van der Waals surface area contributed by atoms with E-state index in [0.29, 0.717) is 11.6 Å². The number of hydrogen-bond acceptors (Lipinski definition) is 2.